The highest BCUT2D eigenvalue weighted by atomic mass is 32.2. The van der Waals surface area contributed by atoms with E-state index in [0.717, 1.165) is 12.8 Å². The Labute approximate surface area is 98.7 Å². The molecule has 1 saturated heterocycles. The molecule has 0 aromatic carbocycles. The molecule has 0 aliphatic carbocycles. The molecule has 0 aromatic rings. The van der Waals surface area contributed by atoms with Crippen LogP contribution in [0.25, 0.3) is 0 Å². The second kappa shape index (κ2) is 5.98. The average Bonchev–Trinajstić information content (AvgIpc) is 2.17. The van der Waals surface area contributed by atoms with Crippen molar-refractivity contribution in [2.24, 2.45) is 5.92 Å². The summed E-state index contributed by atoms with van der Waals surface area (Å²) in [7, 11) is -3.11. The minimum Gasteiger partial charge on any atom is -0.396 e. The zero-order chi connectivity index (χ0) is 12.2. The van der Waals surface area contributed by atoms with Gasteiger partial charge in [0.2, 0.25) is 10.0 Å². The molecule has 1 N–H and O–H groups in total. The van der Waals surface area contributed by atoms with Gasteiger partial charge in [-0.05, 0) is 38.5 Å². The number of unbranched alkanes of at least 4 members (excludes halogenated alkanes) is 1. The van der Waals surface area contributed by atoms with Crippen molar-refractivity contribution in [3.8, 4) is 0 Å². The van der Waals surface area contributed by atoms with Crippen molar-refractivity contribution >= 4 is 10.0 Å². The second-order valence-electron chi connectivity index (χ2n) is 4.84. The van der Waals surface area contributed by atoms with Crippen LogP contribution in [-0.2, 0) is 10.0 Å². The highest BCUT2D eigenvalue weighted by molar-refractivity contribution is 7.89. The molecule has 0 aromatic heterocycles. The summed E-state index contributed by atoms with van der Waals surface area (Å²) in [5, 5.41) is 8.65. The summed E-state index contributed by atoms with van der Waals surface area (Å²) in [6, 6.07) is 0.128. The van der Waals surface area contributed by atoms with Crippen LogP contribution >= 0.6 is 0 Å². The van der Waals surface area contributed by atoms with Gasteiger partial charge in [-0.15, -0.1) is 0 Å². The molecule has 1 rings (SSSR count). The lowest BCUT2D eigenvalue weighted by molar-refractivity contribution is 0.219. The quantitative estimate of drug-likeness (QED) is 0.745. The van der Waals surface area contributed by atoms with Crippen molar-refractivity contribution in [1.29, 1.82) is 0 Å². The predicted molar refractivity (Wildman–Crippen MR) is 64.7 cm³/mol. The predicted octanol–water partition coefficient (Wildman–Crippen LogP) is 1.21. The largest absolute Gasteiger partial charge is 0.396 e. The van der Waals surface area contributed by atoms with Crippen molar-refractivity contribution in [3.63, 3.8) is 0 Å². The van der Waals surface area contributed by atoms with Gasteiger partial charge >= 0.3 is 0 Å². The van der Waals surface area contributed by atoms with Crippen molar-refractivity contribution in [2.75, 3.05) is 18.9 Å². The van der Waals surface area contributed by atoms with Crippen LogP contribution < -0.4 is 0 Å². The number of nitrogens with zero attached hydrogens (tertiary/aromatic N) is 1. The Morgan fingerprint density at radius 2 is 2.00 bits per heavy atom. The average molecular weight is 249 g/mol. The minimum absolute atomic E-state index is 0.0715. The Kier molecular flexibility index (Phi) is 5.21. The van der Waals surface area contributed by atoms with Crippen molar-refractivity contribution in [1.82, 2.24) is 4.31 Å². The first kappa shape index (κ1) is 13.9. The number of rotatable bonds is 5. The zero-order valence-electron chi connectivity index (χ0n) is 10.2. The number of aliphatic hydroxyl groups is 1. The van der Waals surface area contributed by atoms with E-state index in [-0.39, 0.29) is 18.4 Å². The fourth-order valence-corrected chi connectivity index (χ4v) is 4.13. The summed E-state index contributed by atoms with van der Waals surface area (Å²) in [5.74, 6) is 0.797. The Morgan fingerprint density at radius 3 is 2.56 bits per heavy atom. The van der Waals surface area contributed by atoms with E-state index < -0.39 is 10.0 Å². The van der Waals surface area contributed by atoms with Gasteiger partial charge in [0.15, 0.2) is 0 Å². The van der Waals surface area contributed by atoms with Crippen LogP contribution in [0.4, 0.5) is 0 Å². The maximum atomic E-state index is 12.0. The van der Waals surface area contributed by atoms with Gasteiger partial charge in [0.05, 0.1) is 5.75 Å². The molecule has 2 unspecified atom stereocenters. The van der Waals surface area contributed by atoms with Crippen molar-refractivity contribution < 1.29 is 13.5 Å². The Morgan fingerprint density at radius 1 is 1.31 bits per heavy atom. The summed E-state index contributed by atoms with van der Waals surface area (Å²) in [5.41, 5.74) is 0. The molecule has 5 heteroatoms. The summed E-state index contributed by atoms with van der Waals surface area (Å²) in [4.78, 5) is 0. The van der Waals surface area contributed by atoms with E-state index in [4.69, 9.17) is 5.11 Å². The summed E-state index contributed by atoms with van der Waals surface area (Å²) in [6.07, 6.45) is 3.04. The molecule has 4 nitrogen and oxygen atoms in total. The van der Waals surface area contributed by atoms with Gasteiger partial charge in [-0.1, -0.05) is 6.92 Å². The van der Waals surface area contributed by atoms with Crippen LogP contribution in [0.1, 0.15) is 39.5 Å². The zero-order valence-corrected chi connectivity index (χ0v) is 11.0. The first-order chi connectivity index (χ1) is 7.47. The molecule has 0 saturated carbocycles. The van der Waals surface area contributed by atoms with Crippen LogP contribution in [0.2, 0.25) is 0 Å². The third kappa shape index (κ3) is 3.71. The van der Waals surface area contributed by atoms with Crippen molar-refractivity contribution in [2.45, 2.75) is 45.6 Å². The molecule has 1 aliphatic heterocycles. The topological polar surface area (TPSA) is 57.6 Å². The van der Waals surface area contributed by atoms with Gasteiger partial charge in [-0.2, -0.15) is 4.31 Å². The van der Waals surface area contributed by atoms with E-state index in [2.05, 4.69) is 6.92 Å². The number of sulfonamides is 1. The highest BCUT2D eigenvalue weighted by Crippen LogP contribution is 2.25. The fourth-order valence-electron chi connectivity index (χ4n) is 2.31. The molecule has 1 aliphatic rings. The van der Waals surface area contributed by atoms with Gasteiger partial charge in [0, 0.05) is 19.2 Å². The lowest BCUT2D eigenvalue weighted by Crippen LogP contribution is -2.45. The number of aliphatic hydroxyl groups excluding tert-OH is 1. The molecule has 1 fully saturated rings. The number of hydrogen-bond donors (Lipinski definition) is 1. The first-order valence-electron chi connectivity index (χ1n) is 6.07. The van der Waals surface area contributed by atoms with E-state index in [0.29, 0.717) is 25.3 Å². The maximum absolute atomic E-state index is 12.0. The third-order valence-electron chi connectivity index (χ3n) is 3.25. The third-order valence-corrected chi connectivity index (χ3v) is 5.31. The van der Waals surface area contributed by atoms with Gasteiger partial charge in [0.1, 0.15) is 0 Å². The Bertz CT molecular complexity index is 302. The van der Waals surface area contributed by atoms with Crippen LogP contribution in [-0.4, -0.2) is 42.8 Å². The maximum Gasteiger partial charge on any atom is 0.214 e. The molecule has 16 heavy (non-hydrogen) atoms. The fraction of sp³-hybridized carbons (Fsp3) is 1.00. The SMILES string of the molecule is CC1CCN(S(=O)(=O)CCCCO)C(C)C1. The smallest absolute Gasteiger partial charge is 0.214 e. The van der Waals surface area contributed by atoms with Crippen molar-refractivity contribution in [3.05, 3.63) is 0 Å². The van der Waals surface area contributed by atoms with Crippen LogP contribution in [0.5, 0.6) is 0 Å². The first-order valence-corrected chi connectivity index (χ1v) is 7.68. The molecule has 2 atom stereocenters. The van der Waals surface area contributed by atoms with E-state index in [1.807, 2.05) is 6.92 Å². The van der Waals surface area contributed by atoms with Gasteiger partial charge < -0.3 is 5.11 Å². The molecule has 1 heterocycles. The van der Waals surface area contributed by atoms with Gasteiger partial charge in [0.25, 0.3) is 0 Å². The monoisotopic (exact) mass is 249 g/mol. The molecule has 0 amide bonds. The normalized spacial score (nSPS) is 28.2. The summed E-state index contributed by atoms with van der Waals surface area (Å²) >= 11 is 0. The van der Waals surface area contributed by atoms with Crippen LogP contribution in [0.3, 0.4) is 0 Å². The molecule has 0 radical (unpaired) electrons. The van der Waals surface area contributed by atoms with Crippen LogP contribution in [0.15, 0.2) is 0 Å². The van der Waals surface area contributed by atoms with E-state index in [1.54, 1.807) is 4.31 Å². The molecule has 0 bridgehead atoms. The highest BCUT2D eigenvalue weighted by Gasteiger charge is 2.31. The van der Waals surface area contributed by atoms with Gasteiger partial charge in [-0.25, -0.2) is 8.42 Å². The Hall–Kier alpha value is -0.130. The molecule has 0 spiro atoms. The number of hydrogen-bond acceptors (Lipinski definition) is 3. The van der Waals surface area contributed by atoms with Gasteiger partial charge in [-0.3, -0.25) is 0 Å². The lowest BCUT2D eigenvalue weighted by Gasteiger charge is -2.35. The standard InChI is InChI=1S/C11H23NO3S/c1-10-5-6-12(11(2)9-10)16(14,15)8-4-3-7-13/h10-11,13H,3-9H2,1-2H3. The summed E-state index contributed by atoms with van der Waals surface area (Å²) < 4.78 is 25.7. The lowest BCUT2D eigenvalue weighted by atomic mass is 9.95. The molecular formula is C11H23NO3S. The van der Waals surface area contributed by atoms with E-state index >= 15 is 0 Å². The van der Waals surface area contributed by atoms with E-state index in [9.17, 15) is 8.42 Å². The Balaban J connectivity index is 2.54. The minimum atomic E-state index is -3.11. The van der Waals surface area contributed by atoms with Crippen LogP contribution in [0, 0.1) is 5.92 Å². The molecule has 96 valence electrons. The van der Waals surface area contributed by atoms with E-state index in [1.165, 1.54) is 0 Å². The summed E-state index contributed by atoms with van der Waals surface area (Å²) in [6.45, 7) is 4.89. The number of piperidine rings is 1. The molecular weight excluding hydrogens is 226 g/mol. The second-order valence-corrected chi connectivity index (χ2v) is 6.88.